The predicted octanol–water partition coefficient (Wildman–Crippen LogP) is 3.98. The number of fused-ring (bicyclic) bond motifs is 1. The lowest BCUT2D eigenvalue weighted by Crippen LogP contribution is -2.29. The molecule has 0 aliphatic rings. The standard InChI is InChI=1S/C17H24N2/c1-3-12-19(4-2)13-11-18-17-10-9-15-7-5-6-8-16(15)14-17/h5-10,14,18H,3-4,11-13H2,1-2H3. The van der Waals surface area contributed by atoms with E-state index in [-0.39, 0.29) is 0 Å². The van der Waals surface area contributed by atoms with Crippen molar-refractivity contribution in [2.24, 2.45) is 0 Å². The molecule has 0 unspecified atom stereocenters. The summed E-state index contributed by atoms with van der Waals surface area (Å²) in [5, 5.41) is 6.12. The van der Waals surface area contributed by atoms with E-state index in [4.69, 9.17) is 0 Å². The number of rotatable bonds is 7. The normalized spacial score (nSPS) is 11.1. The second kappa shape index (κ2) is 7.15. The predicted molar refractivity (Wildman–Crippen MR) is 84.8 cm³/mol. The quantitative estimate of drug-likeness (QED) is 0.806. The van der Waals surface area contributed by atoms with Gasteiger partial charge in [-0.25, -0.2) is 0 Å². The highest BCUT2D eigenvalue weighted by molar-refractivity contribution is 5.85. The van der Waals surface area contributed by atoms with Gasteiger partial charge in [-0.05, 0) is 42.4 Å². The van der Waals surface area contributed by atoms with Crippen LogP contribution in [0.25, 0.3) is 10.8 Å². The molecule has 0 radical (unpaired) electrons. The molecule has 0 bridgehead atoms. The molecule has 2 rings (SSSR count). The summed E-state index contributed by atoms with van der Waals surface area (Å²) >= 11 is 0. The van der Waals surface area contributed by atoms with Gasteiger partial charge in [-0.1, -0.05) is 44.2 Å². The van der Waals surface area contributed by atoms with Crippen molar-refractivity contribution < 1.29 is 0 Å². The van der Waals surface area contributed by atoms with Crippen LogP contribution in [0, 0.1) is 0 Å². The molecule has 0 saturated heterocycles. The van der Waals surface area contributed by atoms with Gasteiger partial charge in [-0.2, -0.15) is 0 Å². The largest absolute Gasteiger partial charge is 0.384 e. The van der Waals surface area contributed by atoms with Crippen LogP contribution in [0.2, 0.25) is 0 Å². The summed E-state index contributed by atoms with van der Waals surface area (Å²) in [6, 6.07) is 15.1. The van der Waals surface area contributed by atoms with Crippen LogP contribution in [0.1, 0.15) is 20.3 Å². The van der Waals surface area contributed by atoms with E-state index in [0.717, 1.165) is 19.6 Å². The molecule has 0 spiro atoms. The molecule has 0 atom stereocenters. The zero-order valence-corrected chi connectivity index (χ0v) is 12.0. The van der Waals surface area contributed by atoms with E-state index < -0.39 is 0 Å². The van der Waals surface area contributed by atoms with Gasteiger partial charge >= 0.3 is 0 Å². The molecular formula is C17H24N2. The molecule has 2 heteroatoms. The van der Waals surface area contributed by atoms with E-state index in [0.29, 0.717) is 0 Å². The van der Waals surface area contributed by atoms with Crippen LogP contribution in [0.15, 0.2) is 42.5 Å². The Kier molecular flexibility index (Phi) is 5.22. The third-order valence-corrected chi connectivity index (χ3v) is 3.49. The molecule has 19 heavy (non-hydrogen) atoms. The van der Waals surface area contributed by atoms with Gasteiger partial charge in [0.1, 0.15) is 0 Å². The molecule has 2 aromatic carbocycles. The SMILES string of the molecule is CCCN(CC)CCNc1ccc2ccccc2c1. The van der Waals surface area contributed by atoms with E-state index in [1.807, 2.05) is 0 Å². The average molecular weight is 256 g/mol. The lowest BCUT2D eigenvalue weighted by Gasteiger charge is -2.20. The lowest BCUT2D eigenvalue weighted by atomic mass is 10.1. The third kappa shape index (κ3) is 3.97. The molecular weight excluding hydrogens is 232 g/mol. The molecule has 0 aliphatic heterocycles. The fourth-order valence-electron chi connectivity index (χ4n) is 2.40. The maximum atomic E-state index is 3.52. The molecule has 0 fully saturated rings. The first kappa shape index (κ1) is 13.9. The number of hydrogen-bond donors (Lipinski definition) is 1. The second-order valence-corrected chi connectivity index (χ2v) is 4.92. The fraction of sp³-hybridized carbons (Fsp3) is 0.412. The number of nitrogens with zero attached hydrogens (tertiary/aromatic N) is 1. The molecule has 0 heterocycles. The van der Waals surface area contributed by atoms with Crippen molar-refractivity contribution in [2.45, 2.75) is 20.3 Å². The van der Waals surface area contributed by atoms with Gasteiger partial charge in [-0.3, -0.25) is 0 Å². The Morgan fingerprint density at radius 1 is 0.947 bits per heavy atom. The Morgan fingerprint density at radius 3 is 2.47 bits per heavy atom. The summed E-state index contributed by atoms with van der Waals surface area (Å²) in [4.78, 5) is 2.48. The first-order valence-corrected chi connectivity index (χ1v) is 7.28. The monoisotopic (exact) mass is 256 g/mol. The van der Waals surface area contributed by atoms with Crippen LogP contribution >= 0.6 is 0 Å². The average Bonchev–Trinajstić information content (AvgIpc) is 2.46. The zero-order chi connectivity index (χ0) is 13.5. The second-order valence-electron chi connectivity index (χ2n) is 4.92. The highest BCUT2D eigenvalue weighted by atomic mass is 15.1. The summed E-state index contributed by atoms with van der Waals surface area (Å²) in [5.74, 6) is 0. The van der Waals surface area contributed by atoms with Gasteiger partial charge in [0.05, 0.1) is 0 Å². The van der Waals surface area contributed by atoms with E-state index in [1.54, 1.807) is 0 Å². The Bertz CT molecular complexity index is 507. The number of anilines is 1. The summed E-state index contributed by atoms with van der Waals surface area (Å²) in [7, 11) is 0. The third-order valence-electron chi connectivity index (χ3n) is 3.49. The van der Waals surface area contributed by atoms with Crippen molar-refractivity contribution in [3.05, 3.63) is 42.5 Å². The van der Waals surface area contributed by atoms with Crippen molar-refractivity contribution in [2.75, 3.05) is 31.5 Å². The van der Waals surface area contributed by atoms with Gasteiger partial charge < -0.3 is 10.2 Å². The zero-order valence-electron chi connectivity index (χ0n) is 12.0. The first-order chi connectivity index (χ1) is 9.33. The van der Waals surface area contributed by atoms with E-state index in [2.05, 4.69) is 66.5 Å². The molecule has 0 amide bonds. The first-order valence-electron chi connectivity index (χ1n) is 7.28. The molecule has 102 valence electrons. The van der Waals surface area contributed by atoms with E-state index in [1.165, 1.54) is 29.4 Å². The Labute approximate surface area is 116 Å². The maximum absolute atomic E-state index is 3.52. The fourth-order valence-corrected chi connectivity index (χ4v) is 2.40. The van der Waals surface area contributed by atoms with Gasteiger partial charge in [0.15, 0.2) is 0 Å². The maximum Gasteiger partial charge on any atom is 0.0347 e. The van der Waals surface area contributed by atoms with Crippen molar-refractivity contribution in [1.82, 2.24) is 4.90 Å². The summed E-state index contributed by atoms with van der Waals surface area (Å²) in [5.41, 5.74) is 1.21. The lowest BCUT2D eigenvalue weighted by molar-refractivity contribution is 0.300. The molecule has 0 aromatic heterocycles. The van der Waals surface area contributed by atoms with Gasteiger partial charge in [-0.15, -0.1) is 0 Å². The van der Waals surface area contributed by atoms with Crippen LogP contribution in [0.5, 0.6) is 0 Å². The van der Waals surface area contributed by atoms with Crippen molar-refractivity contribution >= 4 is 16.5 Å². The summed E-state index contributed by atoms with van der Waals surface area (Å²) in [6.07, 6.45) is 1.23. The van der Waals surface area contributed by atoms with Crippen molar-refractivity contribution in [1.29, 1.82) is 0 Å². The minimum Gasteiger partial charge on any atom is -0.384 e. The molecule has 2 nitrogen and oxygen atoms in total. The topological polar surface area (TPSA) is 15.3 Å². The van der Waals surface area contributed by atoms with Crippen LogP contribution < -0.4 is 5.32 Å². The molecule has 1 N–H and O–H groups in total. The Hall–Kier alpha value is -1.54. The summed E-state index contributed by atoms with van der Waals surface area (Å²) < 4.78 is 0. The van der Waals surface area contributed by atoms with Crippen LogP contribution in [-0.2, 0) is 0 Å². The van der Waals surface area contributed by atoms with Gasteiger partial charge in [0.2, 0.25) is 0 Å². The number of nitrogens with one attached hydrogen (secondary N) is 1. The highest BCUT2D eigenvalue weighted by Crippen LogP contribution is 2.18. The van der Waals surface area contributed by atoms with E-state index >= 15 is 0 Å². The molecule has 2 aromatic rings. The number of hydrogen-bond acceptors (Lipinski definition) is 2. The van der Waals surface area contributed by atoms with Crippen LogP contribution in [0.3, 0.4) is 0 Å². The Balaban J connectivity index is 1.90. The smallest absolute Gasteiger partial charge is 0.0347 e. The van der Waals surface area contributed by atoms with Gasteiger partial charge in [0.25, 0.3) is 0 Å². The van der Waals surface area contributed by atoms with Crippen molar-refractivity contribution in [3.63, 3.8) is 0 Å². The minimum absolute atomic E-state index is 1.01. The van der Waals surface area contributed by atoms with Crippen LogP contribution in [-0.4, -0.2) is 31.1 Å². The Morgan fingerprint density at radius 2 is 1.74 bits per heavy atom. The number of benzene rings is 2. The van der Waals surface area contributed by atoms with Gasteiger partial charge in [0, 0.05) is 18.8 Å². The van der Waals surface area contributed by atoms with Crippen molar-refractivity contribution in [3.8, 4) is 0 Å². The minimum atomic E-state index is 1.01. The highest BCUT2D eigenvalue weighted by Gasteiger charge is 2.00. The molecule has 0 aliphatic carbocycles. The van der Waals surface area contributed by atoms with Crippen LogP contribution in [0.4, 0.5) is 5.69 Å². The van der Waals surface area contributed by atoms with E-state index in [9.17, 15) is 0 Å². The molecule has 0 saturated carbocycles. The number of likely N-dealkylation sites (N-methyl/N-ethyl adjacent to an activating group) is 1. The summed E-state index contributed by atoms with van der Waals surface area (Å²) in [6.45, 7) is 8.90.